The molecule has 0 spiro atoms. The molecule has 6 aliphatic heterocycles. The summed E-state index contributed by atoms with van der Waals surface area (Å²) in [6.07, 6.45) is -0.309. The van der Waals surface area contributed by atoms with E-state index < -0.39 is 48.7 Å². The van der Waals surface area contributed by atoms with E-state index >= 15 is 0 Å². The van der Waals surface area contributed by atoms with Crippen LogP contribution < -0.4 is 0 Å². The topological polar surface area (TPSA) is 371 Å². The van der Waals surface area contributed by atoms with Gasteiger partial charge in [-0.2, -0.15) is 25.3 Å². The fourth-order valence-corrected chi connectivity index (χ4v) is 11.7. The number of halogens is 2. The van der Waals surface area contributed by atoms with Crippen LogP contribution in [0.5, 0.6) is 0 Å². The minimum Gasteiger partial charge on any atom is -0.463 e. The van der Waals surface area contributed by atoms with Gasteiger partial charge in [0.2, 0.25) is 0 Å². The summed E-state index contributed by atoms with van der Waals surface area (Å²) < 4.78 is 162. The molecule has 544 valence electrons. The third-order valence-corrected chi connectivity index (χ3v) is 19.5. The molecule has 6 aliphatic rings. The lowest BCUT2D eigenvalue weighted by Gasteiger charge is -2.28. The number of aryl methyl sites for hydroxylation is 3. The fraction of sp³-hybridized carbons (Fsp3) is 0.629. The molecule has 6 saturated heterocycles. The largest absolute Gasteiger partial charge is 0.463 e. The van der Waals surface area contributed by atoms with Gasteiger partial charge in [-0.1, -0.05) is 104 Å². The van der Waals surface area contributed by atoms with Crippen molar-refractivity contribution < 1.29 is 134 Å². The van der Waals surface area contributed by atoms with Crippen molar-refractivity contribution in [3.63, 3.8) is 0 Å². The summed E-state index contributed by atoms with van der Waals surface area (Å²) in [7, 11) is -11.3. The van der Waals surface area contributed by atoms with Gasteiger partial charge in [0.15, 0.2) is 6.29 Å². The minimum atomic E-state index is -3.80. The highest BCUT2D eigenvalue weighted by molar-refractivity contribution is 14.1. The number of benzene rings is 3. The zero-order valence-corrected chi connectivity index (χ0v) is 61.0. The highest BCUT2D eigenvalue weighted by atomic mass is 127. The normalized spacial score (nSPS) is 26.0. The molecule has 0 aromatic heterocycles. The van der Waals surface area contributed by atoms with E-state index in [-0.39, 0.29) is 149 Å². The minimum absolute atomic E-state index is 0.0157. The Balaban J connectivity index is 0.000000250. The number of esters is 2. The van der Waals surface area contributed by atoms with Gasteiger partial charge in [0.05, 0.1) is 152 Å². The summed E-state index contributed by atoms with van der Waals surface area (Å²) in [6, 6.07) is 19.3. The SMILES string of the molecule is C=C[C@H]1CO[C@H](COS(=O)(=O)c2ccc(C)cc2)CO1.CC(=O)OC[C@@H]1CO[C@@H](COC(C)=O)CO1.Cc1ccc(S(=O)(=O)OC[C@@H]2CO[C@@H](C=O)CO2)cc1.Cc1ccc(S(=O)(=O)OC[C@@H]2CO[C@@H](CO)CO2)cc1.IC[C@@H]1CO[C@@H](CI)CO1.OC[C@@H]1CO[C@@H](CO)CO1. The van der Waals surface area contributed by atoms with Crippen molar-refractivity contribution in [2.45, 2.75) is 123 Å². The van der Waals surface area contributed by atoms with Crippen molar-refractivity contribution in [2.24, 2.45) is 0 Å². The first kappa shape index (κ1) is 85.0. The summed E-state index contributed by atoms with van der Waals surface area (Å²) in [5.74, 6) is -0.684. The Bertz CT molecular complexity index is 2820. The Hall–Kier alpha value is -3.40. The van der Waals surface area contributed by atoms with Gasteiger partial charge < -0.3 is 86.4 Å². The molecule has 3 aromatic carbocycles. The highest BCUT2D eigenvalue weighted by Gasteiger charge is 2.29. The number of ether oxygens (including phenoxy) is 14. The maximum absolute atomic E-state index is 12.0. The second kappa shape index (κ2) is 46.2. The van der Waals surface area contributed by atoms with Crippen molar-refractivity contribution in [1.82, 2.24) is 0 Å². The molecule has 0 amide bonds. The van der Waals surface area contributed by atoms with Crippen LogP contribution in [0.15, 0.2) is 100 Å². The maximum Gasteiger partial charge on any atom is 0.302 e. The molecule has 0 saturated carbocycles. The van der Waals surface area contributed by atoms with E-state index in [2.05, 4.69) is 51.8 Å². The van der Waals surface area contributed by atoms with Crippen LogP contribution in [0.2, 0.25) is 0 Å². The first-order chi connectivity index (χ1) is 45.8. The highest BCUT2D eigenvalue weighted by Crippen LogP contribution is 2.20. The zero-order chi connectivity index (χ0) is 70.5. The number of alkyl halides is 2. The molecule has 3 aromatic rings. The Morgan fingerprint density at radius 3 is 0.865 bits per heavy atom. The van der Waals surface area contributed by atoms with E-state index in [1.54, 1.807) is 42.5 Å². The molecule has 0 aliphatic carbocycles. The summed E-state index contributed by atoms with van der Waals surface area (Å²) in [5, 5.41) is 26.0. The predicted octanol–water partition coefficient (Wildman–Crippen LogP) is 3.12. The average molecular weight is 1650 g/mol. The first-order valence-corrected chi connectivity index (χ1v) is 37.7. The van der Waals surface area contributed by atoms with E-state index in [9.17, 15) is 39.6 Å². The lowest BCUT2D eigenvalue weighted by molar-refractivity contribution is -0.178. The van der Waals surface area contributed by atoms with Gasteiger partial charge in [-0.3, -0.25) is 22.1 Å². The van der Waals surface area contributed by atoms with Gasteiger partial charge in [0.1, 0.15) is 68.1 Å². The van der Waals surface area contributed by atoms with E-state index in [0.717, 1.165) is 38.8 Å². The molecule has 29 nitrogen and oxygen atoms in total. The second-order valence-electron chi connectivity index (χ2n) is 21.8. The van der Waals surface area contributed by atoms with Crippen molar-refractivity contribution in [1.29, 1.82) is 0 Å². The Morgan fingerprint density at radius 2 is 0.646 bits per heavy atom. The maximum atomic E-state index is 12.0. The van der Waals surface area contributed by atoms with Crippen LogP contribution >= 0.6 is 45.2 Å². The monoisotopic (exact) mass is 1650 g/mol. The number of aldehydes is 1. The van der Waals surface area contributed by atoms with Crippen LogP contribution in [-0.2, 0) is 124 Å². The van der Waals surface area contributed by atoms with Gasteiger partial charge >= 0.3 is 11.9 Å². The van der Waals surface area contributed by atoms with Crippen molar-refractivity contribution in [2.75, 3.05) is 141 Å². The number of rotatable bonds is 23. The number of carbonyl (C=O) groups excluding carboxylic acids is 3. The van der Waals surface area contributed by atoms with Gasteiger partial charge in [-0.05, 0) is 57.2 Å². The van der Waals surface area contributed by atoms with Crippen molar-refractivity contribution in [3.8, 4) is 0 Å². The van der Waals surface area contributed by atoms with E-state index in [1.807, 2.05) is 20.8 Å². The first-order valence-electron chi connectivity index (χ1n) is 30.4. The molecule has 96 heavy (non-hydrogen) atoms. The standard InChI is InChI=1S/C14H18O5S.C13H18O6S.C13H16O6S.C10H16O6.C6H10I2O2.C6H12O4/c1-3-12-8-18-13(9-17-12)10-19-20(15,16)14-6-4-11(2)5-7-14;2*1-10-2-4-13(5-3-10)20(15,16)19-9-12-8-17-11(6-14)7-18-12;1-7(11)13-3-9-5-16-10(6-15-9)4-14-8(2)12;2*7-1-5-3-10-6(2-8)4-9-5/h3-7,12-13H,1,8-10H2,2H3;2-5,11-12,14H,6-9H2,1H3;2-6,11-12H,7-9H2,1H3;9-10H,3-6H2,1-2H3;5-6H,1-4H2;5-8H,1-4H2/t12-,13-;2*11-,12-;9-,10+;2*5-,6+/m000.../s1. The van der Waals surface area contributed by atoms with Gasteiger partial charge in [0, 0.05) is 22.7 Å². The second-order valence-corrected chi connectivity index (χ2v) is 28.4. The van der Waals surface area contributed by atoms with Crippen LogP contribution in [0.1, 0.15) is 30.5 Å². The molecule has 6 fully saturated rings. The third kappa shape index (κ3) is 33.8. The third-order valence-electron chi connectivity index (χ3n) is 13.6. The average Bonchev–Trinajstić information content (AvgIpc) is 0.973. The number of aliphatic hydroxyl groups excluding tert-OH is 3. The van der Waals surface area contributed by atoms with Gasteiger partial charge in [-0.15, -0.1) is 6.58 Å². The number of hydrogen-bond acceptors (Lipinski definition) is 29. The molecule has 3 N–H and O–H groups in total. The smallest absolute Gasteiger partial charge is 0.302 e. The van der Waals surface area contributed by atoms with Crippen LogP contribution in [0.3, 0.4) is 0 Å². The van der Waals surface area contributed by atoms with E-state index in [1.165, 1.54) is 50.2 Å². The van der Waals surface area contributed by atoms with E-state index in [0.29, 0.717) is 58.1 Å². The molecule has 9 rings (SSSR count). The summed E-state index contributed by atoms with van der Waals surface area (Å²) >= 11 is 4.64. The molecule has 6 heterocycles. The molecular formula is C62H90I2O29S3. The Labute approximate surface area is 589 Å². The summed E-state index contributed by atoms with van der Waals surface area (Å²) in [6.45, 7) is 16.2. The zero-order valence-electron chi connectivity index (χ0n) is 54.2. The van der Waals surface area contributed by atoms with Gasteiger partial charge in [-0.25, -0.2) is 0 Å². The van der Waals surface area contributed by atoms with Crippen LogP contribution in [0.4, 0.5) is 0 Å². The summed E-state index contributed by atoms with van der Waals surface area (Å²) in [4.78, 5) is 31.9. The molecule has 0 unspecified atom stereocenters. The molecule has 0 bridgehead atoms. The Kier molecular flexibility index (Phi) is 40.9. The number of hydrogen-bond donors (Lipinski definition) is 3. The molecular weight excluding hydrogens is 1560 g/mol. The Morgan fingerprint density at radius 1 is 0.406 bits per heavy atom. The molecule has 0 radical (unpaired) electrons. The predicted molar refractivity (Wildman–Crippen MR) is 358 cm³/mol. The summed E-state index contributed by atoms with van der Waals surface area (Å²) in [5.41, 5.74) is 2.93. The van der Waals surface area contributed by atoms with Gasteiger partial charge in [0.25, 0.3) is 30.4 Å². The number of aliphatic hydroxyl groups is 3. The fourth-order valence-electron chi connectivity index (χ4n) is 7.87. The van der Waals surface area contributed by atoms with Crippen LogP contribution in [0.25, 0.3) is 0 Å². The van der Waals surface area contributed by atoms with Crippen LogP contribution in [0, 0.1) is 20.8 Å². The lowest BCUT2D eigenvalue weighted by Crippen LogP contribution is -2.40. The molecule has 34 heteroatoms. The lowest BCUT2D eigenvalue weighted by atomic mass is 10.2. The van der Waals surface area contributed by atoms with E-state index in [4.69, 9.17) is 94.2 Å². The van der Waals surface area contributed by atoms with Crippen molar-refractivity contribution in [3.05, 3.63) is 102 Å². The number of carbonyl (C=O) groups is 3. The van der Waals surface area contributed by atoms with Crippen molar-refractivity contribution >= 4 is 93.8 Å². The van der Waals surface area contributed by atoms with Crippen LogP contribution in [-0.4, -0.2) is 273 Å². The molecule has 12 atom stereocenters. The quantitative estimate of drug-likeness (QED) is 0.0306.